The van der Waals surface area contributed by atoms with Crippen LogP contribution in [0.25, 0.3) is 0 Å². The molecule has 2 N–H and O–H groups in total. The summed E-state index contributed by atoms with van der Waals surface area (Å²) in [5.74, 6) is -1.24. The fourth-order valence-corrected chi connectivity index (χ4v) is 2.38. The number of aryl methyl sites for hydroxylation is 1. The number of benzene rings is 1. The first kappa shape index (κ1) is 17.3. The number of hydrogen-bond donors (Lipinski definition) is 2. The maximum Gasteiger partial charge on any atom is 0.285 e. The van der Waals surface area contributed by atoms with Crippen LogP contribution >= 0.6 is 12.4 Å². The third-order valence-corrected chi connectivity index (χ3v) is 3.37. The lowest BCUT2D eigenvalue weighted by Gasteiger charge is -2.23. The van der Waals surface area contributed by atoms with Gasteiger partial charge in [0, 0.05) is 11.6 Å². The maximum absolute atomic E-state index is 13.4. The smallest absolute Gasteiger partial charge is 0.285 e. The molecule has 1 saturated heterocycles. The fraction of sp³-hybridized carbons (Fsp3) is 0.462. The molecule has 1 aromatic carbocycles. The van der Waals surface area contributed by atoms with Gasteiger partial charge in [0.1, 0.15) is 11.4 Å². The summed E-state index contributed by atoms with van der Waals surface area (Å²) in [5.41, 5.74) is -0.408. The van der Waals surface area contributed by atoms with E-state index in [0.29, 0.717) is 0 Å². The average molecular weight is 318 g/mol. The summed E-state index contributed by atoms with van der Waals surface area (Å²) in [5, 5.41) is 16.9. The number of nitrogens with one attached hydrogen (secondary N) is 2. The van der Waals surface area contributed by atoms with E-state index in [9.17, 15) is 19.3 Å². The van der Waals surface area contributed by atoms with Gasteiger partial charge >= 0.3 is 0 Å². The molecule has 0 bridgehead atoms. The predicted octanol–water partition coefficient (Wildman–Crippen LogP) is 1.95. The molecule has 2 rings (SSSR count). The average Bonchev–Trinajstić information content (AvgIpc) is 2.38. The molecule has 1 amide bonds. The van der Waals surface area contributed by atoms with Crippen LogP contribution in [0.2, 0.25) is 0 Å². The Bertz CT molecular complexity index is 548. The molecule has 116 valence electrons. The van der Waals surface area contributed by atoms with Crippen molar-refractivity contribution in [1.29, 1.82) is 0 Å². The molecule has 1 aliphatic rings. The minimum Gasteiger partial charge on any atom is -0.349 e. The van der Waals surface area contributed by atoms with Crippen molar-refractivity contribution in [2.45, 2.75) is 25.8 Å². The van der Waals surface area contributed by atoms with E-state index < -0.39 is 16.6 Å². The Kier molecular flexibility index (Phi) is 6.04. The molecule has 1 aliphatic heterocycles. The van der Waals surface area contributed by atoms with Gasteiger partial charge in [-0.1, -0.05) is 0 Å². The lowest BCUT2D eigenvalue weighted by atomic mass is 10.0. The standard InChI is InChI=1S/C13H16FN3O3.ClH/c1-8-6-9(14)7-11(12(8)17(19)20)13(18)16-10-2-4-15-5-3-10;/h6-7,10,15H,2-5H2,1H3,(H,16,18);1H. The Hall–Kier alpha value is -1.73. The van der Waals surface area contributed by atoms with Crippen molar-refractivity contribution < 1.29 is 14.1 Å². The highest BCUT2D eigenvalue weighted by Gasteiger charge is 2.26. The second-order valence-electron chi connectivity index (χ2n) is 4.87. The van der Waals surface area contributed by atoms with Gasteiger partial charge < -0.3 is 10.6 Å². The fourth-order valence-electron chi connectivity index (χ4n) is 2.38. The quantitative estimate of drug-likeness (QED) is 0.659. The lowest BCUT2D eigenvalue weighted by Crippen LogP contribution is -2.42. The second kappa shape index (κ2) is 7.33. The van der Waals surface area contributed by atoms with Crippen LogP contribution < -0.4 is 10.6 Å². The van der Waals surface area contributed by atoms with Gasteiger partial charge in [-0.2, -0.15) is 0 Å². The first-order valence-electron chi connectivity index (χ1n) is 6.45. The number of carbonyl (C=O) groups is 1. The van der Waals surface area contributed by atoms with Crippen molar-refractivity contribution in [3.8, 4) is 0 Å². The van der Waals surface area contributed by atoms with Crippen LogP contribution in [0.3, 0.4) is 0 Å². The topological polar surface area (TPSA) is 84.3 Å². The van der Waals surface area contributed by atoms with Crippen molar-refractivity contribution >= 4 is 24.0 Å². The van der Waals surface area contributed by atoms with Crippen LogP contribution in [0, 0.1) is 22.9 Å². The van der Waals surface area contributed by atoms with E-state index in [1.54, 1.807) is 0 Å². The van der Waals surface area contributed by atoms with Crippen LogP contribution in [-0.2, 0) is 0 Å². The van der Waals surface area contributed by atoms with Crippen molar-refractivity contribution in [1.82, 2.24) is 10.6 Å². The molecule has 1 fully saturated rings. The van der Waals surface area contributed by atoms with Crippen LogP contribution in [0.4, 0.5) is 10.1 Å². The van der Waals surface area contributed by atoms with E-state index >= 15 is 0 Å². The van der Waals surface area contributed by atoms with Gasteiger partial charge in [0.2, 0.25) is 0 Å². The zero-order valence-electron chi connectivity index (χ0n) is 11.5. The summed E-state index contributed by atoms with van der Waals surface area (Å²) in [6, 6.07) is 1.94. The monoisotopic (exact) mass is 317 g/mol. The normalized spacial score (nSPS) is 15.1. The van der Waals surface area contributed by atoms with Crippen molar-refractivity contribution in [3.05, 3.63) is 39.2 Å². The van der Waals surface area contributed by atoms with Crippen LogP contribution in [0.15, 0.2) is 12.1 Å². The van der Waals surface area contributed by atoms with E-state index in [-0.39, 0.29) is 35.3 Å². The first-order chi connectivity index (χ1) is 9.49. The van der Waals surface area contributed by atoms with Gasteiger partial charge in [-0.3, -0.25) is 14.9 Å². The number of nitrogens with zero attached hydrogens (tertiary/aromatic N) is 1. The SMILES string of the molecule is Cc1cc(F)cc(C(=O)NC2CCNCC2)c1[N+](=O)[O-].Cl. The highest BCUT2D eigenvalue weighted by molar-refractivity contribution is 5.98. The number of amides is 1. The molecule has 21 heavy (non-hydrogen) atoms. The number of nitro groups is 1. The molecule has 0 aliphatic carbocycles. The van der Waals surface area contributed by atoms with E-state index in [1.807, 2.05) is 0 Å². The van der Waals surface area contributed by atoms with Crippen LogP contribution in [0.5, 0.6) is 0 Å². The minimum atomic E-state index is -0.649. The van der Waals surface area contributed by atoms with E-state index in [0.717, 1.165) is 38.1 Å². The summed E-state index contributed by atoms with van der Waals surface area (Å²) >= 11 is 0. The minimum absolute atomic E-state index is 0. The van der Waals surface area contributed by atoms with Crippen molar-refractivity contribution in [2.24, 2.45) is 0 Å². The third-order valence-electron chi connectivity index (χ3n) is 3.37. The highest BCUT2D eigenvalue weighted by Crippen LogP contribution is 2.25. The van der Waals surface area contributed by atoms with Gasteiger partial charge in [0.05, 0.1) is 4.92 Å². The zero-order chi connectivity index (χ0) is 14.7. The lowest BCUT2D eigenvalue weighted by molar-refractivity contribution is -0.385. The van der Waals surface area contributed by atoms with E-state index in [1.165, 1.54) is 6.92 Å². The molecular weight excluding hydrogens is 301 g/mol. The van der Waals surface area contributed by atoms with Gasteiger partial charge in [0.25, 0.3) is 11.6 Å². The van der Waals surface area contributed by atoms with E-state index in [2.05, 4.69) is 10.6 Å². The Labute approximate surface area is 127 Å². The Morgan fingerprint density at radius 2 is 2.05 bits per heavy atom. The molecule has 1 aromatic rings. The molecular formula is C13H17ClFN3O3. The van der Waals surface area contributed by atoms with Crippen molar-refractivity contribution in [3.63, 3.8) is 0 Å². The molecule has 0 spiro atoms. The number of piperidine rings is 1. The van der Waals surface area contributed by atoms with Crippen LogP contribution in [0.1, 0.15) is 28.8 Å². The molecule has 0 atom stereocenters. The molecule has 1 heterocycles. The van der Waals surface area contributed by atoms with Gasteiger partial charge in [-0.25, -0.2) is 4.39 Å². The number of rotatable bonds is 3. The van der Waals surface area contributed by atoms with Crippen molar-refractivity contribution in [2.75, 3.05) is 13.1 Å². The summed E-state index contributed by atoms with van der Waals surface area (Å²) in [6.45, 7) is 2.99. The Balaban J connectivity index is 0.00000220. The largest absolute Gasteiger partial charge is 0.349 e. The zero-order valence-corrected chi connectivity index (χ0v) is 12.3. The summed E-state index contributed by atoms with van der Waals surface area (Å²) in [4.78, 5) is 22.5. The summed E-state index contributed by atoms with van der Waals surface area (Å²) < 4.78 is 13.4. The predicted molar refractivity (Wildman–Crippen MR) is 78.4 cm³/mol. The number of carbonyl (C=O) groups excluding carboxylic acids is 1. The molecule has 0 radical (unpaired) electrons. The summed E-state index contributed by atoms with van der Waals surface area (Å²) in [6.07, 6.45) is 1.52. The second-order valence-corrected chi connectivity index (χ2v) is 4.87. The third kappa shape index (κ3) is 4.12. The molecule has 0 aromatic heterocycles. The van der Waals surface area contributed by atoms with Gasteiger partial charge in [-0.15, -0.1) is 12.4 Å². The van der Waals surface area contributed by atoms with Gasteiger partial charge in [0.15, 0.2) is 0 Å². The highest BCUT2D eigenvalue weighted by atomic mass is 35.5. The molecule has 0 unspecified atom stereocenters. The molecule has 0 saturated carbocycles. The van der Waals surface area contributed by atoms with E-state index in [4.69, 9.17) is 0 Å². The van der Waals surface area contributed by atoms with Crippen LogP contribution in [-0.4, -0.2) is 30.0 Å². The summed E-state index contributed by atoms with van der Waals surface area (Å²) in [7, 11) is 0. The number of hydrogen-bond acceptors (Lipinski definition) is 4. The maximum atomic E-state index is 13.4. The first-order valence-corrected chi connectivity index (χ1v) is 6.45. The molecule has 8 heteroatoms. The Morgan fingerprint density at radius 1 is 1.43 bits per heavy atom. The molecule has 6 nitrogen and oxygen atoms in total. The van der Waals surface area contributed by atoms with Gasteiger partial charge in [-0.05, 0) is 45.0 Å². The Morgan fingerprint density at radius 3 is 2.62 bits per heavy atom. The number of nitro benzene ring substituents is 1. The number of halogens is 2.